The highest BCUT2D eigenvalue weighted by atomic mass is 16.6. The smallest absolute Gasteiger partial charge is 0.115 e. The first kappa shape index (κ1) is 8.53. The molecule has 1 atom stereocenters. The molecule has 3 heteroatoms. The Morgan fingerprint density at radius 1 is 1.38 bits per heavy atom. The number of phenolic OH excluding ortho intramolecular Hbond substituents is 1. The average molecular weight is 180 g/mol. The zero-order valence-electron chi connectivity index (χ0n) is 7.27. The van der Waals surface area contributed by atoms with Crippen molar-refractivity contribution in [3.8, 4) is 5.75 Å². The highest BCUT2D eigenvalue weighted by Gasteiger charge is 2.22. The van der Waals surface area contributed by atoms with E-state index in [-0.39, 0.29) is 5.75 Å². The number of ether oxygens (including phenoxy) is 2. The summed E-state index contributed by atoms with van der Waals surface area (Å²) in [6.45, 7) is 2.08. The van der Waals surface area contributed by atoms with Crippen LogP contribution in [0.25, 0.3) is 0 Å². The molecule has 0 aliphatic carbocycles. The van der Waals surface area contributed by atoms with E-state index >= 15 is 0 Å². The number of hydrogen-bond donors (Lipinski definition) is 1. The van der Waals surface area contributed by atoms with Gasteiger partial charge in [0.15, 0.2) is 0 Å². The molecule has 1 N–H and O–H groups in total. The lowest BCUT2D eigenvalue weighted by Gasteiger charge is -2.01. The van der Waals surface area contributed by atoms with Crippen LogP contribution in [0.4, 0.5) is 0 Å². The van der Waals surface area contributed by atoms with E-state index in [0.717, 1.165) is 12.2 Å². The van der Waals surface area contributed by atoms with E-state index in [4.69, 9.17) is 14.6 Å². The minimum Gasteiger partial charge on any atom is -0.508 e. The highest BCUT2D eigenvalue weighted by Crippen LogP contribution is 2.12. The van der Waals surface area contributed by atoms with Crippen LogP contribution in [-0.4, -0.2) is 24.4 Å². The molecule has 1 aromatic carbocycles. The van der Waals surface area contributed by atoms with Crippen molar-refractivity contribution >= 4 is 0 Å². The van der Waals surface area contributed by atoms with Gasteiger partial charge in [-0.15, -0.1) is 0 Å². The molecule has 3 nitrogen and oxygen atoms in total. The largest absolute Gasteiger partial charge is 0.508 e. The molecule has 0 amide bonds. The second-order valence-corrected chi connectivity index (χ2v) is 3.14. The maximum atomic E-state index is 9.02. The van der Waals surface area contributed by atoms with E-state index in [2.05, 4.69) is 0 Å². The Hall–Kier alpha value is -1.06. The van der Waals surface area contributed by atoms with Crippen LogP contribution in [0.15, 0.2) is 24.3 Å². The number of epoxide rings is 1. The van der Waals surface area contributed by atoms with Gasteiger partial charge in [-0.3, -0.25) is 0 Å². The number of rotatable bonds is 4. The Morgan fingerprint density at radius 2 is 2.08 bits per heavy atom. The van der Waals surface area contributed by atoms with Crippen molar-refractivity contribution in [1.29, 1.82) is 0 Å². The molecule has 1 aliphatic heterocycles. The maximum Gasteiger partial charge on any atom is 0.115 e. The molecule has 1 heterocycles. The normalized spacial score (nSPS) is 20.2. The van der Waals surface area contributed by atoms with Crippen molar-refractivity contribution in [2.45, 2.75) is 12.7 Å². The number of aromatic hydroxyl groups is 1. The van der Waals surface area contributed by atoms with Crippen molar-refractivity contribution in [3.63, 3.8) is 0 Å². The van der Waals surface area contributed by atoms with Crippen LogP contribution in [-0.2, 0) is 16.1 Å². The molecule has 70 valence electrons. The third kappa shape index (κ3) is 2.72. The molecular formula is C10H12O3. The van der Waals surface area contributed by atoms with E-state index in [0.29, 0.717) is 19.3 Å². The summed E-state index contributed by atoms with van der Waals surface area (Å²) in [6, 6.07) is 7.02. The fourth-order valence-electron chi connectivity index (χ4n) is 1.06. The lowest BCUT2D eigenvalue weighted by atomic mass is 10.2. The van der Waals surface area contributed by atoms with Gasteiger partial charge in [0.05, 0.1) is 19.8 Å². The van der Waals surface area contributed by atoms with Crippen LogP contribution < -0.4 is 0 Å². The van der Waals surface area contributed by atoms with Gasteiger partial charge < -0.3 is 14.6 Å². The molecular weight excluding hydrogens is 168 g/mol. The predicted molar refractivity (Wildman–Crippen MR) is 47.5 cm³/mol. The average Bonchev–Trinajstić information content (AvgIpc) is 2.92. The van der Waals surface area contributed by atoms with Crippen molar-refractivity contribution in [1.82, 2.24) is 0 Å². The van der Waals surface area contributed by atoms with Gasteiger partial charge in [-0.1, -0.05) is 12.1 Å². The Kier molecular flexibility index (Phi) is 2.47. The van der Waals surface area contributed by atoms with Gasteiger partial charge in [0.2, 0.25) is 0 Å². The summed E-state index contributed by atoms with van der Waals surface area (Å²) in [5.41, 5.74) is 1.07. The first-order valence-electron chi connectivity index (χ1n) is 4.32. The topological polar surface area (TPSA) is 42.0 Å². The summed E-state index contributed by atoms with van der Waals surface area (Å²) in [5.74, 6) is 0.286. The molecule has 1 saturated heterocycles. The zero-order valence-corrected chi connectivity index (χ0v) is 7.27. The summed E-state index contributed by atoms with van der Waals surface area (Å²) < 4.78 is 10.4. The summed E-state index contributed by atoms with van der Waals surface area (Å²) in [5, 5.41) is 9.02. The van der Waals surface area contributed by atoms with E-state index in [1.54, 1.807) is 12.1 Å². The predicted octanol–water partition coefficient (Wildman–Crippen LogP) is 1.31. The zero-order chi connectivity index (χ0) is 9.10. The third-order valence-electron chi connectivity index (χ3n) is 1.91. The van der Waals surface area contributed by atoms with E-state index < -0.39 is 0 Å². The SMILES string of the molecule is Oc1ccc(COCC2CO2)cc1. The lowest BCUT2D eigenvalue weighted by molar-refractivity contribution is 0.104. The summed E-state index contributed by atoms with van der Waals surface area (Å²) >= 11 is 0. The Bertz CT molecular complexity index is 264. The van der Waals surface area contributed by atoms with Gasteiger partial charge in [0.25, 0.3) is 0 Å². The van der Waals surface area contributed by atoms with E-state index in [1.165, 1.54) is 0 Å². The molecule has 0 aromatic heterocycles. The second kappa shape index (κ2) is 3.77. The van der Waals surface area contributed by atoms with Crippen molar-refractivity contribution in [3.05, 3.63) is 29.8 Å². The van der Waals surface area contributed by atoms with Gasteiger partial charge >= 0.3 is 0 Å². The van der Waals surface area contributed by atoms with E-state index in [9.17, 15) is 0 Å². The summed E-state index contributed by atoms with van der Waals surface area (Å²) in [6.07, 6.45) is 0.317. The summed E-state index contributed by atoms with van der Waals surface area (Å²) in [4.78, 5) is 0. The molecule has 1 aromatic rings. The standard InChI is InChI=1S/C10H12O3/c11-9-3-1-8(2-4-9)5-12-6-10-7-13-10/h1-4,10-11H,5-7H2. The quantitative estimate of drug-likeness (QED) is 0.710. The van der Waals surface area contributed by atoms with Crippen LogP contribution in [0.5, 0.6) is 5.75 Å². The number of benzene rings is 1. The van der Waals surface area contributed by atoms with Crippen molar-refractivity contribution in [2.75, 3.05) is 13.2 Å². The molecule has 13 heavy (non-hydrogen) atoms. The van der Waals surface area contributed by atoms with Crippen molar-refractivity contribution < 1.29 is 14.6 Å². The van der Waals surface area contributed by atoms with Gasteiger partial charge in [-0.2, -0.15) is 0 Å². The second-order valence-electron chi connectivity index (χ2n) is 3.14. The van der Waals surface area contributed by atoms with Gasteiger partial charge in [0, 0.05) is 0 Å². The van der Waals surface area contributed by atoms with Crippen LogP contribution in [0.1, 0.15) is 5.56 Å². The van der Waals surface area contributed by atoms with E-state index in [1.807, 2.05) is 12.1 Å². The summed E-state index contributed by atoms with van der Waals surface area (Å²) in [7, 11) is 0. The minimum atomic E-state index is 0.286. The van der Waals surface area contributed by atoms with Crippen molar-refractivity contribution in [2.24, 2.45) is 0 Å². The van der Waals surface area contributed by atoms with Gasteiger partial charge in [-0.25, -0.2) is 0 Å². The fourth-order valence-corrected chi connectivity index (χ4v) is 1.06. The van der Waals surface area contributed by atoms with Crippen LogP contribution in [0.2, 0.25) is 0 Å². The van der Waals surface area contributed by atoms with Gasteiger partial charge in [0.1, 0.15) is 11.9 Å². The Balaban J connectivity index is 1.76. The first-order valence-corrected chi connectivity index (χ1v) is 4.32. The molecule has 1 unspecified atom stereocenters. The molecule has 1 aliphatic rings. The molecule has 1 fully saturated rings. The highest BCUT2D eigenvalue weighted by molar-refractivity contribution is 5.25. The van der Waals surface area contributed by atoms with Crippen LogP contribution in [0, 0.1) is 0 Å². The van der Waals surface area contributed by atoms with Gasteiger partial charge in [-0.05, 0) is 17.7 Å². The number of hydrogen-bond acceptors (Lipinski definition) is 3. The van der Waals surface area contributed by atoms with Crippen LogP contribution >= 0.6 is 0 Å². The Morgan fingerprint density at radius 3 is 2.69 bits per heavy atom. The lowest BCUT2D eigenvalue weighted by Crippen LogP contribution is -2.00. The monoisotopic (exact) mass is 180 g/mol. The molecule has 0 saturated carbocycles. The molecule has 2 rings (SSSR count). The Labute approximate surface area is 76.9 Å². The minimum absolute atomic E-state index is 0.286. The fraction of sp³-hybridized carbons (Fsp3) is 0.400. The molecule has 0 bridgehead atoms. The molecule has 0 spiro atoms. The number of phenols is 1. The first-order chi connectivity index (χ1) is 6.34. The van der Waals surface area contributed by atoms with Crippen LogP contribution in [0.3, 0.4) is 0 Å². The maximum absolute atomic E-state index is 9.02. The molecule has 0 radical (unpaired) electrons. The third-order valence-corrected chi connectivity index (χ3v) is 1.91.